The number of hydrogen-bond donors (Lipinski definition) is 0. The highest BCUT2D eigenvalue weighted by atomic mass is 28.3. The van der Waals surface area contributed by atoms with Gasteiger partial charge in [-0.25, -0.2) is 0 Å². The molecule has 0 aromatic heterocycles. The quantitative estimate of drug-likeness (QED) is 0.532. The van der Waals surface area contributed by atoms with Crippen molar-refractivity contribution in [2.24, 2.45) is 0 Å². The summed E-state index contributed by atoms with van der Waals surface area (Å²) in [6.07, 6.45) is 4.08. The molecule has 2 rings (SSSR count). The van der Waals surface area contributed by atoms with Crippen molar-refractivity contribution < 1.29 is 18.9 Å². The molecule has 4 nitrogen and oxygen atoms in total. The fourth-order valence-electron chi connectivity index (χ4n) is 2.92. The first kappa shape index (κ1) is 19.9. The third-order valence-corrected chi connectivity index (χ3v) is 6.13. The van der Waals surface area contributed by atoms with Gasteiger partial charge in [-0.15, -0.1) is 0 Å². The first-order valence-corrected chi connectivity index (χ1v) is 12.0. The summed E-state index contributed by atoms with van der Waals surface area (Å²) in [6, 6.07) is 9.83. The topological polar surface area (TPSA) is 36.9 Å². The summed E-state index contributed by atoms with van der Waals surface area (Å²) in [5.74, 6) is 3.29. The molecule has 0 saturated carbocycles. The molecule has 0 atom stereocenters. The average molecular weight is 373 g/mol. The van der Waals surface area contributed by atoms with Crippen molar-refractivity contribution in [3.05, 3.63) is 41.5 Å². The molecule has 2 aromatic rings. The molecular weight excluding hydrogens is 344 g/mol. The number of benzene rings is 2. The molecule has 26 heavy (non-hydrogen) atoms. The number of ether oxygens (including phenoxy) is 4. The van der Waals surface area contributed by atoms with Crippen molar-refractivity contribution >= 4 is 25.4 Å². The van der Waals surface area contributed by atoms with Gasteiger partial charge < -0.3 is 18.9 Å². The van der Waals surface area contributed by atoms with E-state index < -0.39 is 8.07 Å². The normalized spacial score (nSPS) is 11.5. The van der Waals surface area contributed by atoms with E-state index in [1.165, 1.54) is 5.19 Å². The maximum Gasteiger partial charge on any atom is 0.128 e. The van der Waals surface area contributed by atoms with Crippen molar-refractivity contribution in [3.8, 4) is 23.0 Å². The second-order valence-corrected chi connectivity index (χ2v) is 12.0. The average Bonchev–Trinajstić information content (AvgIpc) is 2.64. The Labute approximate surface area is 157 Å². The van der Waals surface area contributed by atoms with Crippen LogP contribution in [0.2, 0.25) is 19.6 Å². The van der Waals surface area contributed by atoms with Crippen LogP contribution in [0.1, 0.15) is 11.1 Å². The summed E-state index contributed by atoms with van der Waals surface area (Å²) in [7, 11) is 5.06. The Morgan fingerprint density at radius 1 is 0.731 bits per heavy atom. The monoisotopic (exact) mass is 372 g/mol. The van der Waals surface area contributed by atoms with E-state index >= 15 is 0 Å². The van der Waals surface area contributed by atoms with Crippen molar-refractivity contribution in [1.29, 1.82) is 0 Å². The van der Waals surface area contributed by atoms with Crippen LogP contribution in [0, 0.1) is 0 Å². The molecular formula is C21H28O4Si. The largest absolute Gasteiger partial charge is 0.497 e. The minimum absolute atomic E-state index is 0.758. The van der Waals surface area contributed by atoms with Crippen LogP contribution in [0.3, 0.4) is 0 Å². The van der Waals surface area contributed by atoms with E-state index in [1.54, 1.807) is 28.4 Å². The first-order valence-electron chi connectivity index (χ1n) is 8.50. The van der Waals surface area contributed by atoms with E-state index in [2.05, 4.69) is 25.7 Å². The summed E-state index contributed by atoms with van der Waals surface area (Å²) in [6.45, 7) is 6.86. The lowest BCUT2D eigenvalue weighted by atomic mass is 10.1. The maximum atomic E-state index is 5.78. The van der Waals surface area contributed by atoms with Gasteiger partial charge in [0.15, 0.2) is 0 Å². The van der Waals surface area contributed by atoms with E-state index in [1.807, 2.05) is 36.4 Å². The molecule has 140 valence electrons. The molecule has 0 aliphatic carbocycles. The molecule has 0 saturated heterocycles. The van der Waals surface area contributed by atoms with E-state index in [0.29, 0.717) is 0 Å². The highest BCUT2D eigenvalue weighted by Crippen LogP contribution is 2.29. The summed E-state index contributed by atoms with van der Waals surface area (Å²) in [4.78, 5) is 0. The predicted molar refractivity (Wildman–Crippen MR) is 111 cm³/mol. The van der Waals surface area contributed by atoms with Crippen LogP contribution in [0.15, 0.2) is 30.3 Å². The van der Waals surface area contributed by atoms with Crippen molar-refractivity contribution in [2.75, 3.05) is 28.4 Å². The Hall–Kier alpha value is -2.40. The summed E-state index contributed by atoms with van der Waals surface area (Å²) in [5.41, 5.74) is 2.01. The van der Waals surface area contributed by atoms with Gasteiger partial charge in [-0.3, -0.25) is 0 Å². The molecule has 0 aliphatic heterocycles. The van der Waals surface area contributed by atoms with Gasteiger partial charge >= 0.3 is 0 Å². The lowest BCUT2D eigenvalue weighted by Crippen LogP contribution is -2.39. The Morgan fingerprint density at radius 2 is 1.35 bits per heavy atom. The van der Waals surface area contributed by atoms with E-state index in [-0.39, 0.29) is 0 Å². The van der Waals surface area contributed by atoms with Crippen LogP contribution in [0.5, 0.6) is 23.0 Å². The SMILES string of the molecule is COc1cc(/C=C/c2ccc(OC)c([Si](C)(C)C)c2OC)cc(OC)c1. The first-order chi connectivity index (χ1) is 12.3. The minimum atomic E-state index is -1.66. The number of rotatable bonds is 7. The predicted octanol–water partition coefficient (Wildman–Crippen LogP) is 4.44. The maximum absolute atomic E-state index is 5.78. The second kappa shape index (κ2) is 8.32. The molecule has 0 amide bonds. The van der Waals surface area contributed by atoms with E-state index in [9.17, 15) is 0 Å². The Balaban J connectivity index is 2.51. The summed E-state index contributed by atoms with van der Waals surface area (Å²) < 4.78 is 22.0. The van der Waals surface area contributed by atoms with Crippen LogP contribution in [0.25, 0.3) is 12.2 Å². The third kappa shape index (κ3) is 4.41. The highest BCUT2D eigenvalue weighted by molar-refractivity contribution is 6.90. The minimum Gasteiger partial charge on any atom is -0.497 e. The van der Waals surface area contributed by atoms with Gasteiger partial charge in [0, 0.05) is 16.8 Å². The fraction of sp³-hybridized carbons (Fsp3) is 0.333. The Morgan fingerprint density at radius 3 is 1.81 bits per heavy atom. The zero-order chi connectivity index (χ0) is 19.3. The van der Waals surface area contributed by atoms with Gasteiger partial charge in [0.2, 0.25) is 0 Å². The van der Waals surface area contributed by atoms with Crippen LogP contribution in [-0.2, 0) is 0 Å². The molecule has 0 spiro atoms. The molecule has 0 bridgehead atoms. The van der Waals surface area contributed by atoms with Crippen LogP contribution in [-0.4, -0.2) is 36.5 Å². The lowest BCUT2D eigenvalue weighted by Gasteiger charge is -2.24. The van der Waals surface area contributed by atoms with Gasteiger partial charge in [-0.2, -0.15) is 0 Å². The zero-order valence-electron chi connectivity index (χ0n) is 16.7. The summed E-state index contributed by atoms with van der Waals surface area (Å²) >= 11 is 0. The Kier molecular flexibility index (Phi) is 6.37. The van der Waals surface area contributed by atoms with Gasteiger partial charge in [0.1, 0.15) is 23.0 Å². The van der Waals surface area contributed by atoms with Gasteiger partial charge in [0.05, 0.1) is 36.5 Å². The molecule has 0 radical (unpaired) electrons. The zero-order valence-corrected chi connectivity index (χ0v) is 17.7. The van der Waals surface area contributed by atoms with Gasteiger partial charge in [-0.05, 0) is 29.8 Å². The lowest BCUT2D eigenvalue weighted by molar-refractivity contribution is 0.394. The van der Waals surface area contributed by atoms with Crippen LogP contribution >= 0.6 is 0 Å². The van der Waals surface area contributed by atoms with E-state index in [4.69, 9.17) is 18.9 Å². The molecule has 5 heteroatoms. The van der Waals surface area contributed by atoms with E-state index in [0.717, 1.165) is 34.1 Å². The van der Waals surface area contributed by atoms with Crippen molar-refractivity contribution in [3.63, 3.8) is 0 Å². The number of hydrogen-bond acceptors (Lipinski definition) is 4. The highest BCUT2D eigenvalue weighted by Gasteiger charge is 2.27. The smallest absolute Gasteiger partial charge is 0.128 e. The molecule has 0 unspecified atom stereocenters. The summed E-state index contributed by atoms with van der Waals surface area (Å²) in [5, 5.41) is 1.19. The standard InChI is InChI=1S/C21H28O4Si/c1-22-17-12-15(13-18(14-17)23-2)8-9-16-10-11-19(24-3)21(20(16)25-4)26(5,6)7/h8-14H,1-7H3/b9-8+. The molecule has 0 aliphatic rings. The second-order valence-electron chi connectivity index (χ2n) is 6.99. The Bertz CT molecular complexity index is 769. The molecule has 2 aromatic carbocycles. The molecule has 0 N–H and O–H groups in total. The molecule has 0 fully saturated rings. The van der Waals surface area contributed by atoms with Crippen LogP contribution < -0.4 is 24.1 Å². The third-order valence-electron chi connectivity index (χ3n) is 4.15. The number of methoxy groups -OCH3 is 4. The molecule has 0 heterocycles. The van der Waals surface area contributed by atoms with Crippen LogP contribution in [0.4, 0.5) is 0 Å². The fourth-order valence-corrected chi connectivity index (χ4v) is 4.78. The van der Waals surface area contributed by atoms with Gasteiger partial charge in [0.25, 0.3) is 0 Å². The van der Waals surface area contributed by atoms with Gasteiger partial charge in [-0.1, -0.05) is 31.8 Å². The van der Waals surface area contributed by atoms with Crippen molar-refractivity contribution in [2.45, 2.75) is 19.6 Å². The van der Waals surface area contributed by atoms with Crippen molar-refractivity contribution in [1.82, 2.24) is 0 Å².